The summed E-state index contributed by atoms with van der Waals surface area (Å²) in [7, 11) is 0. The van der Waals surface area contributed by atoms with Crippen molar-refractivity contribution in [3.05, 3.63) is 18.0 Å². The molecule has 0 atom stereocenters. The molecule has 0 aliphatic heterocycles. The number of halogens is 1. The summed E-state index contributed by atoms with van der Waals surface area (Å²) in [6.45, 7) is 0.702. The molecule has 0 spiro atoms. The van der Waals surface area contributed by atoms with Crippen LogP contribution in [0.15, 0.2) is 16.9 Å². The fraction of sp³-hybridized carbons (Fsp3) is 0.600. The van der Waals surface area contributed by atoms with Crippen LogP contribution in [0.25, 0.3) is 0 Å². The SMILES string of the molecule is O=C(NCCCCCCBr)c1ccon1. The van der Waals surface area contributed by atoms with Crippen molar-refractivity contribution >= 4 is 21.8 Å². The minimum absolute atomic E-state index is 0.163. The molecule has 0 fully saturated rings. The van der Waals surface area contributed by atoms with Gasteiger partial charge in [0.2, 0.25) is 0 Å². The average Bonchev–Trinajstić information content (AvgIpc) is 2.76. The Morgan fingerprint density at radius 1 is 1.40 bits per heavy atom. The van der Waals surface area contributed by atoms with Gasteiger partial charge in [0.05, 0.1) is 0 Å². The number of alkyl halides is 1. The fourth-order valence-corrected chi connectivity index (χ4v) is 1.59. The first-order valence-corrected chi connectivity index (χ1v) is 6.21. The molecule has 84 valence electrons. The molecule has 1 aromatic rings. The van der Waals surface area contributed by atoms with Crippen molar-refractivity contribution in [1.29, 1.82) is 0 Å². The van der Waals surface area contributed by atoms with Gasteiger partial charge < -0.3 is 9.84 Å². The number of hydrogen-bond acceptors (Lipinski definition) is 3. The Hall–Kier alpha value is -0.840. The number of unbranched alkanes of at least 4 members (excludes halogenated alkanes) is 3. The van der Waals surface area contributed by atoms with Crippen LogP contribution in [0.2, 0.25) is 0 Å². The van der Waals surface area contributed by atoms with Crippen molar-refractivity contribution in [3.63, 3.8) is 0 Å². The molecule has 0 unspecified atom stereocenters. The molecule has 0 radical (unpaired) electrons. The third-order valence-electron chi connectivity index (χ3n) is 2.02. The number of carbonyl (C=O) groups excluding carboxylic acids is 1. The maximum absolute atomic E-state index is 11.4. The quantitative estimate of drug-likeness (QED) is 0.614. The topological polar surface area (TPSA) is 55.1 Å². The second kappa shape index (κ2) is 7.45. The molecule has 0 saturated carbocycles. The van der Waals surface area contributed by atoms with E-state index in [2.05, 4.69) is 30.9 Å². The summed E-state index contributed by atoms with van der Waals surface area (Å²) in [6.07, 6.45) is 5.94. The number of nitrogens with zero attached hydrogens (tertiary/aromatic N) is 1. The minimum atomic E-state index is -0.163. The highest BCUT2D eigenvalue weighted by Crippen LogP contribution is 2.01. The van der Waals surface area contributed by atoms with E-state index in [1.807, 2.05) is 0 Å². The molecule has 0 saturated heterocycles. The van der Waals surface area contributed by atoms with Gasteiger partial charge in [0.15, 0.2) is 5.69 Å². The molecule has 0 aliphatic rings. The van der Waals surface area contributed by atoms with Gasteiger partial charge in [-0.2, -0.15) is 0 Å². The molecule has 1 amide bonds. The molecule has 5 heteroatoms. The molecule has 0 aromatic carbocycles. The third-order valence-corrected chi connectivity index (χ3v) is 2.58. The summed E-state index contributed by atoms with van der Waals surface area (Å²) < 4.78 is 4.58. The van der Waals surface area contributed by atoms with Crippen LogP contribution in [0.3, 0.4) is 0 Å². The van der Waals surface area contributed by atoms with Gasteiger partial charge in [-0.05, 0) is 12.8 Å². The Kier molecular flexibility index (Phi) is 6.08. The molecule has 1 aromatic heterocycles. The lowest BCUT2D eigenvalue weighted by Gasteiger charge is -2.01. The molecule has 4 nitrogen and oxygen atoms in total. The number of amides is 1. The summed E-state index contributed by atoms with van der Waals surface area (Å²) in [5, 5.41) is 7.39. The smallest absolute Gasteiger partial charge is 0.273 e. The van der Waals surface area contributed by atoms with Gasteiger partial charge in [-0.15, -0.1) is 0 Å². The Morgan fingerprint density at radius 3 is 2.87 bits per heavy atom. The molecular weight excluding hydrogens is 260 g/mol. The molecule has 0 bridgehead atoms. The number of aromatic nitrogens is 1. The summed E-state index contributed by atoms with van der Waals surface area (Å²) in [5.41, 5.74) is 0.343. The van der Waals surface area contributed by atoms with Crippen molar-refractivity contribution in [1.82, 2.24) is 10.5 Å². The van der Waals surface area contributed by atoms with Crippen LogP contribution in [0, 0.1) is 0 Å². The van der Waals surface area contributed by atoms with Crippen molar-refractivity contribution < 1.29 is 9.32 Å². The van der Waals surface area contributed by atoms with E-state index in [0.29, 0.717) is 12.2 Å². The molecule has 0 aliphatic carbocycles. The van der Waals surface area contributed by atoms with Crippen molar-refractivity contribution in [2.45, 2.75) is 25.7 Å². The maximum atomic E-state index is 11.4. The van der Waals surface area contributed by atoms with Gasteiger partial charge in [0.25, 0.3) is 5.91 Å². The van der Waals surface area contributed by atoms with Crippen molar-refractivity contribution in [2.24, 2.45) is 0 Å². The van der Waals surface area contributed by atoms with Gasteiger partial charge in [0.1, 0.15) is 6.26 Å². The normalized spacial score (nSPS) is 10.2. The number of rotatable bonds is 7. The molecule has 1 heterocycles. The van der Waals surface area contributed by atoms with E-state index < -0.39 is 0 Å². The van der Waals surface area contributed by atoms with E-state index in [1.54, 1.807) is 6.07 Å². The summed E-state index contributed by atoms with van der Waals surface area (Å²) in [5.74, 6) is -0.163. The van der Waals surface area contributed by atoms with Crippen molar-refractivity contribution in [3.8, 4) is 0 Å². The zero-order valence-electron chi connectivity index (χ0n) is 8.54. The van der Waals surface area contributed by atoms with Gasteiger partial charge in [0, 0.05) is 17.9 Å². The second-order valence-electron chi connectivity index (χ2n) is 3.24. The Morgan fingerprint density at radius 2 is 2.20 bits per heavy atom. The first kappa shape index (κ1) is 12.2. The zero-order chi connectivity index (χ0) is 10.9. The second-order valence-corrected chi connectivity index (χ2v) is 4.04. The summed E-state index contributed by atoms with van der Waals surface area (Å²) >= 11 is 3.38. The van der Waals surface area contributed by atoms with Crippen LogP contribution < -0.4 is 5.32 Å². The highest BCUT2D eigenvalue weighted by atomic mass is 79.9. The standard InChI is InChI=1S/C10H15BrN2O2/c11-6-3-1-2-4-7-12-10(14)9-5-8-15-13-9/h5,8H,1-4,6-7H2,(H,12,14). The highest BCUT2D eigenvalue weighted by molar-refractivity contribution is 9.09. The van der Waals surface area contributed by atoms with Crippen LogP contribution in [-0.2, 0) is 0 Å². The largest absolute Gasteiger partial charge is 0.364 e. The molecule has 1 rings (SSSR count). The predicted molar refractivity (Wildman–Crippen MR) is 61.1 cm³/mol. The van der Waals surface area contributed by atoms with Gasteiger partial charge >= 0.3 is 0 Å². The third kappa shape index (κ3) is 4.97. The van der Waals surface area contributed by atoms with E-state index in [4.69, 9.17) is 0 Å². The van der Waals surface area contributed by atoms with E-state index in [9.17, 15) is 4.79 Å². The lowest BCUT2D eigenvalue weighted by Crippen LogP contribution is -2.24. The summed E-state index contributed by atoms with van der Waals surface area (Å²) in [6, 6.07) is 1.56. The number of carbonyl (C=O) groups is 1. The molecule has 1 N–H and O–H groups in total. The van der Waals surface area contributed by atoms with E-state index in [0.717, 1.165) is 18.2 Å². The Bertz CT molecular complexity index is 275. The summed E-state index contributed by atoms with van der Waals surface area (Å²) in [4.78, 5) is 11.4. The Labute approximate surface area is 97.5 Å². The van der Waals surface area contributed by atoms with Crippen LogP contribution in [0.1, 0.15) is 36.2 Å². The zero-order valence-corrected chi connectivity index (χ0v) is 10.1. The monoisotopic (exact) mass is 274 g/mol. The first-order chi connectivity index (χ1) is 7.34. The Balaban J connectivity index is 2.03. The van der Waals surface area contributed by atoms with E-state index >= 15 is 0 Å². The fourth-order valence-electron chi connectivity index (χ4n) is 1.20. The predicted octanol–water partition coefficient (Wildman–Crippen LogP) is 2.36. The van der Waals surface area contributed by atoms with Gasteiger partial charge in [-0.25, -0.2) is 0 Å². The van der Waals surface area contributed by atoms with Crippen LogP contribution >= 0.6 is 15.9 Å². The molecule has 15 heavy (non-hydrogen) atoms. The number of nitrogens with one attached hydrogen (secondary N) is 1. The van der Waals surface area contributed by atoms with Crippen molar-refractivity contribution in [2.75, 3.05) is 11.9 Å². The highest BCUT2D eigenvalue weighted by Gasteiger charge is 2.06. The first-order valence-electron chi connectivity index (χ1n) is 5.09. The lowest BCUT2D eigenvalue weighted by atomic mass is 10.2. The lowest BCUT2D eigenvalue weighted by molar-refractivity contribution is 0.0944. The van der Waals surface area contributed by atoms with Gasteiger partial charge in [-0.3, -0.25) is 4.79 Å². The maximum Gasteiger partial charge on any atom is 0.273 e. The van der Waals surface area contributed by atoms with Crippen LogP contribution in [-0.4, -0.2) is 22.9 Å². The number of hydrogen-bond donors (Lipinski definition) is 1. The average molecular weight is 275 g/mol. The van der Waals surface area contributed by atoms with E-state index in [-0.39, 0.29) is 5.91 Å². The molecular formula is C10H15BrN2O2. The van der Waals surface area contributed by atoms with Crippen LogP contribution in [0.4, 0.5) is 0 Å². The van der Waals surface area contributed by atoms with Gasteiger partial charge in [-0.1, -0.05) is 33.9 Å². The van der Waals surface area contributed by atoms with Crippen LogP contribution in [0.5, 0.6) is 0 Å². The van der Waals surface area contributed by atoms with E-state index in [1.165, 1.54) is 19.1 Å². The minimum Gasteiger partial charge on any atom is -0.364 e.